The summed E-state index contributed by atoms with van der Waals surface area (Å²) in [4.78, 5) is 18.3. The lowest BCUT2D eigenvalue weighted by Crippen LogP contribution is -2.38. The first-order valence-electron chi connectivity index (χ1n) is 12.4. The molecule has 1 N–H and O–H groups in total. The maximum absolute atomic E-state index is 11.5. The van der Waals surface area contributed by atoms with Crippen LogP contribution in [0.5, 0.6) is 5.75 Å². The van der Waals surface area contributed by atoms with E-state index >= 15 is 0 Å². The van der Waals surface area contributed by atoms with Gasteiger partial charge < -0.3 is 14.4 Å². The van der Waals surface area contributed by atoms with Crippen LogP contribution in [0.1, 0.15) is 37.8 Å². The van der Waals surface area contributed by atoms with Crippen LogP contribution in [0.2, 0.25) is 0 Å². The molecule has 0 aliphatic carbocycles. The largest absolute Gasteiger partial charge is 0.490 e. The van der Waals surface area contributed by atoms with Crippen molar-refractivity contribution in [2.45, 2.75) is 39.3 Å². The van der Waals surface area contributed by atoms with Crippen LogP contribution >= 0.6 is 0 Å². The molecule has 1 fully saturated rings. The highest BCUT2D eigenvalue weighted by atomic mass is 16.5. The third-order valence-corrected chi connectivity index (χ3v) is 6.64. The van der Waals surface area contributed by atoms with Gasteiger partial charge in [0.05, 0.1) is 17.6 Å². The van der Waals surface area contributed by atoms with Gasteiger partial charge in [-0.2, -0.15) is 10.2 Å². The van der Waals surface area contributed by atoms with Gasteiger partial charge >= 0.3 is 5.97 Å². The molecule has 8 heteroatoms. The van der Waals surface area contributed by atoms with E-state index in [1.165, 1.54) is 0 Å². The molecule has 1 aliphatic rings. The van der Waals surface area contributed by atoms with Gasteiger partial charge in [-0.1, -0.05) is 41.6 Å². The minimum absolute atomic E-state index is 0.0438. The van der Waals surface area contributed by atoms with Crippen molar-refractivity contribution in [3.63, 3.8) is 0 Å². The average molecular weight is 497 g/mol. The van der Waals surface area contributed by atoms with Crippen molar-refractivity contribution < 1.29 is 19.2 Å². The lowest BCUT2D eigenvalue weighted by molar-refractivity contribution is -0.143. The van der Waals surface area contributed by atoms with Crippen molar-refractivity contribution in [3.05, 3.63) is 65.7 Å². The molecular weight excluding hydrogens is 468 g/mol. The predicted molar refractivity (Wildman–Crippen MR) is 139 cm³/mol. The van der Waals surface area contributed by atoms with Crippen LogP contribution in [0.15, 0.2) is 59.1 Å². The van der Waals surface area contributed by atoms with Crippen LogP contribution in [-0.4, -0.2) is 45.3 Å². The second kappa shape index (κ2) is 10.4. The van der Waals surface area contributed by atoms with Gasteiger partial charge in [0.15, 0.2) is 0 Å². The Morgan fingerprint density at radius 1 is 1.22 bits per heavy atom. The number of piperidine rings is 1. The number of aromatic nitrogens is 2. The topological polar surface area (TPSA) is 112 Å². The van der Waals surface area contributed by atoms with Crippen molar-refractivity contribution in [3.8, 4) is 34.7 Å². The van der Waals surface area contributed by atoms with Crippen LogP contribution < -0.4 is 4.74 Å². The number of carboxylic acid groups (broad SMARTS) is 1. The van der Waals surface area contributed by atoms with Crippen molar-refractivity contribution in [2.24, 2.45) is 5.92 Å². The number of carbonyl (C=O) groups is 1. The third kappa shape index (κ3) is 5.18. The smallest absolute Gasteiger partial charge is 0.307 e. The summed E-state index contributed by atoms with van der Waals surface area (Å²) in [6, 6.07) is 19.5. The first-order chi connectivity index (χ1) is 17.9. The Kier molecular flexibility index (Phi) is 6.89. The number of aliphatic carboxylic acids is 1. The summed E-state index contributed by atoms with van der Waals surface area (Å²) < 4.78 is 11.3. The predicted octanol–water partition coefficient (Wildman–Crippen LogP) is 5.51. The molecule has 0 amide bonds. The zero-order valence-electron chi connectivity index (χ0n) is 20.8. The quantitative estimate of drug-likeness (QED) is 0.356. The molecule has 1 aliphatic heterocycles. The van der Waals surface area contributed by atoms with Gasteiger partial charge in [0.1, 0.15) is 11.8 Å². The molecule has 1 unspecified atom stereocenters. The molecule has 1 atom stereocenters. The fourth-order valence-corrected chi connectivity index (χ4v) is 4.89. The first kappa shape index (κ1) is 24.5. The number of hydrogen-bond acceptors (Lipinski definition) is 7. The Hall–Kier alpha value is -4.22. The van der Waals surface area contributed by atoms with Crippen molar-refractivity contribution in [1.82, 2.24) is 15.0 Å². The van der Waals surface area contributed by atoms with E-state index in [2.05, 4.69) is 33.2 Å². The van der Waals surface area contributed by atoms with Crippen molar-refractivity contribution in [1.29, 1.82) is 5.26 Å². The molecule has 0 bridgehead atoms. The van der Waals surface area contributed by atoms with E-state index in [1.54, 1.807) is 18.2 Å². The average Bonchev–Trinajstić information content (AvgIpc) is 3.39. The highest BCUT2D eigenvalue weighted by molar-refractivity contribution is 5.97. The Morgan fingerprint density at radius 3 is 2.78 bits per heavy atom. The number of likely N-dealkylation sites (tertiary alicyclic amines) is 1. The van der Waals surface area contributed by atoms with E-state index in [0.717, 1.165) is 41.3 Å². The van der Waals surface area contributed by atoms with E-state index in [0.29, 0.717) is 41.7 Å². The number of ether oxygens (including phenoxy) is 1. The number of benzene rings is 3. The van der Waals surface area contributed by atoms with Crippen LogP contribution in [0.3, 0.4) is 0 Å². The zero-order chi connectivity index (χ0) is 25.9. The molecular formula is C29H28N4O4. The molecule has 3 aromatic carbocycles. The highest BCUT2D eigenvalue weighted by Crippen LogP contribution is 2.33. The Morgan fingerprint density at radius 2 is 2.03 bits per heavy atom. The zero-order valence-corrected chi connectivity index (χ0v) is 20.8. The molecule has 8 nitrogen and oxygen atoms in total. The summed E-state index contributed by atoms with van der Waals surface area (Å²) in [5, 5.41) is 25.3. The molecule has 5 rings (SSSR count). The maximum Gasteiger partial charge on any atom is 0.307 e. The Labute approximate surface area is 215 Å². The summed E-state index contributed by atoms with van der Waals surface area (Å²) >= 11 is 0. The second-order valence-electron chi connectivity index (χ2n) is 9.64. The minimum Gasteiger partial charge on any atom is -0.490 e. The molecule has 1 aromatic heterocycles. The van der Waals surface area contributed by atoms with E-state index in [4.69, 9.17) is 9.26 Å². The molecule has 0 saturated carbocycles. The van der Waals surface area contributed by atoms with Crippen LogP contribution in [-0.2, 0) is 11.3 Å². The molecule has 37 heavy (non-hydrogen) atoms. The van der Waals surface area contributed by atoms with Gasteiger partial charge in [0.2, 0.25) is 5.82 Å². The van der Waals surface area contributed by atoms with Gasteiger partial charge in [-0.25, -0.2) is 0 Å². The number of rotatable bonds is 7. The van der Waals surface area contributed by atoms with Crippen LogP contribution in [0.25, 0.3) is 33.6 Å². The summed E-state index contributed by atoms with van der Waals surface area (Å²) in [6.07, 6.45) is 1.57. The van der Waals surface area contributed by atoms with E-state index in [1.807, 2.05) is 38.1 Å². The molecule has 188 valence electrons. The van der Waals surface area contributed by atoms with Gasteiger partial charge in [0, 0.05) is 24.2 Å². The number of nitrogens with zero attached hydrogens (tertiary/aromatic N) is 4. The van der Waals surface area contributed by atoms with E-state index in [-0.39, 0.29) is 12.0 Å². The third-order valence-electron chi connectivity index (χ3n) is 6.64. The van der Waals surface area contributed by atoms with E-state index < -0.39 is 5.97 Å². The number of fused-ring (bicyclic) bond motifs is 1. The van der Waals surface area contributed by atoms with E-state index in [9.17, 15) is 15.2 Å². The fourth-order valence-electron chi connectivity index (χ4n) is 4.89. The second-order valence-corrected chi connectivity index (χ2v) is 9.64. The molecule has 0 radical (unpaired) electrons. The molecule has 1 saturated heterocycles. The number of carboxylic acids is 1. The number of nitriles is 1. The Balaban J connectivity index is 1.44. The lowest BCUT2D eigenvalue weighted by atomic mass is 9.95. The summed E-state index contributed by atoms with van der Waals surface area (Å²) in [7, 11) is 0. The van der Waals surface area contributed by atoms with Gasteiger partial charge in [-0.15, -0.1) is 0 Å². The summed E-state index contributed by atoms with van der Waals surface area (Å²) in [5.74, 6) is 0.267. The van der Waals surface area contributed by atoms with Gasteiger partial charge in [-0.3, -0.25) is 9.69 Å². The van der Waals surface area contributed by atoms with Gasteiger partial charge in [0.25, 0.3) is 5.89 Å². The monoisotopic (exact) mass is 496 g/mol. The first-order valence-corrected chi connectivity index (χ1v) is 12.4. The fraction of sp³-hybridized carbons (Fsp3) is 0.310. The SMILES string of the molecule is CC(C)Oc1ccc(-c2nc(-c3ccc(CN4CCCC(C(=O)O)C4)c4ccccc34)no2)cc1C#N. The maximum atomic E-state index is 11.5. The van der Waals surface area contributed by atoms with Crippen LogP contribution in [0, 0.1) is 17.2 Å². The standard InChI is InChI=1S/C29H28N4O4/c1-18(2)36-26-12-10-19(14-22(26)15-30)28-31-27(32-37-28)25-11-9-20(23-7-3-4-8-24(23)25)16-33-13-5-6-21(17-33)29(34)35/h3-4,7-12,14,18,21H,5-6,13,16-17H2,1-2H3,(H,34,35). The van der Waals surface area contributed by atoms with Crippen LogP contribution in [0.4, 0.5) is 0 Å². The molecule has 0 spiro atoms. The molecule has 4 aromatic rings. The highest BCUT2D eigenvalue weighted by Gasteiger charge is 2.26. The Bertz CT molecular complexity index is 1490. The van der Waals surface area contributed by atoms with Crippen molar-refractivity contribution >= 4 is 16.7 Å². The number of hydrogen-bond donors (Lipinski definition) is 1. The van der Waals surface area contributed by atoms with Crippen molar-refractivity contribution in [2.75, 3.05) is 13.1 Å². The lowest BCUT2D eigenvalue weighted by Gasteiger charge is -2.31. The van der Waals surface area contributed by atoms with Gasteiger partial charge in [-0.05, 0) is 67.8 Å². The normalized spacial score (nSPS) is 16.1. The minimum atomic E-state index is -0.721. The summed E-state index contributed by atoms with van der Waals surface area (Å²) in [5.41, 5.74) is 3.03. The summed E-state index contributed by atoms with van der Waals surface area (Å²) in [6.45, 7) is 5.96. The molecule has 2 heterocycles.